The number of carbonyl (C=O) groups excluding carboxylic acids is 1. The highest BCUT2D eigenvalue weighted by molar-refractivity contribution is 5.75. The first-order valence-electron chi connectivity index (χ1n) is 4.61. The first-order valence-corrected chi connectivity index (χ1v) is 4.61. The summed E-state index contributed by atoms with van der Waals surface area (Å²) >= 11 is 0. The number of ether oxygens (including phenoxy) is 1. The van der Waals surface area contributed by atoms with E-state index < -0.39 is 6.04 Å². The van der Waals surface area contributed by atoms with Crippen molar-refractivity contribution >= 4 is 5.97 Å². The number of hydrogen-bond donors (Lipinski definition) is 1. The maximum absolute atomic E-state index is 11.1. The second kappa shape index (κ2) is 5.94. The van der Waals surface area contributed by atoms with Crippen molar-refractivity contribution in [2.45, 2.75) is 32.9 Å². The standard InChI is InChI=1S/C9H20N2O2/c1-5-13-9(12)8(10)6-11(4)7(2)3/h7-8H,5-6,10H2,1-4H3. The lowest BCUT2D eigenvalue weighted by molar-refractivity contribution is -0.145. The van der Waals surface area contributed by atoms with Gasteiger partial charge in [-0.2, -0.15) is 0 Å². The van der Waals surface area contributed by atoms with Crippen molar-refractivity contribution in [3.8, 4) is 0 Å². The molecule has 0 aliphatic rings. The van der Waals surface area contributed by atoms with Gasteiger partial charge in [0.05, 0.1) is 6.61 Å². The monoisotopic (exact) mass is 188 g/mol. The first-order chi connectivity index (χ1) is 5.99. The SMILES string of the molecule is CCOC(=O)C(N)CN(C)C(C)C. The van der Waals surface area contributed by atoms with E-state index in [1.54, 1.807) is 6.92 Å². The Hall–Kier alpha value is -0.610. The molecule has 0 rings (SSSR count). The van der Waals surface area contributed by atoms with Gasteiger partial charge < -0.3 is 15.4 Å². The van der Waals surface area contributed by atoms with Crippen LogP contribution in [0.5, 0.6) is 0 Å². The average molecular weight is 188 g/mol. The van der Waals surface area contributed by atoms with E-state index in [-0.39, 0.29) is 5.97 Å². The molecule has 0 aromatic rings. The number of carbonyl (C=O) groups is 1. The van der Waals surface area contributed by atoms with Crippen LogP contribution in [0.4, 0.5) is 0 Å². The van der Waals surface area contributed by atoms with E-state index in [9.17, 15) is 4.79 Å². The minimum atomic E-state index is -0.535. The minimum Gasteiger partial charge on any atom is -0.465 e. The molecular weight excluding hydrogens is 168 g/mol. The quantitative estimate of drug-likeness (QED) is 0.627. The van der Waals surface area contributed by atoms with Gasteiger partial charge in [-0.25, -0.2) is 0 Å². The van der Waals surface area contributed by atoms with Crippen molar-refractivity contribution in [3.05, 3.63) is 0 Å². The van der Waals surface area contributed by atoms with E-state index in [0.717, 1.165) is 0 Å². The van der Waals surface area contributed by atoms with E-state index in [0.29, 0.717) is 19.2 Å². The molecule has 0 saturated carbocycles. The summed E-state index contributed by atoms with van der Waals surface area (Å²) in [5, 5.41) is 0. The van der Waals surface area contributed by atoms with Crippen molar-refractivity contribution in [2.75, 3.05) is 20.2 Å². The Morgan fingerprint density at radius 3 is 2.46 bits per heavy atom. The fourth-order valence-corrected chi connectivity index (χ4v) is 0.845. The van der Waals surface area contributed by atoms with Crippen LogP contribution in [0.1, 0.15) is 20.8 Å². The maximum Gasteiger partial charge on any atom is 0.324 e. The number of nitrogens with two attached hydrogens (primary N) is 1. The van der Waals surface area contributed by atoms with E-state index in [2.05, 4.69) is 13.8 Å². The van der Waals surface area contributed by atoms with Gasteiger partial charge in [0.2, 0.25) is 0 Å². The van der Waals surface area contributed by atoms with Crippen LogP contribution in [0, 0.1) is 0 Å². The van der Waals surface area contributed by atoms with E-state index >= 15 is 0 Å². The lowest BCUT2D eigenvalue weighted by Crippen LogP contribution is -2.44. The Morgan fingerprint density at radius 1 is 1.54 bits per heavy atom. The van der Waals surface area contributed by atoms with Gasteiger partial charge in [0, 0.05) is 12.6 Å². The average Bonchev–Trinajstić information content (AvgIpc) is 2.04. The Labute approximate surface area is 80.0 Å². The van der Waals surface area contributed by atoms with Gasteiger partial charge in [-0.15, -0.1) is 0 Å². The molecule has 0 amide bonds. The van der Waals surface area contributed by atoms with Crippen molar-refractivity contribution in [3.63, 3.8) is 0 Å². The number of nitrogens with zero attached hydrogens (tertiary/aromatic N) is 1. The van der Waals surface area contributed by atoms with Crippen LogP contribution < -0.4 is 5.73 Å². The molecule has 0 bridgehead atoms. The summed E-state index contributed by atoms with van der Waals surface area (Å²) in [6, 6.07) is -0.146. The van der Waals surface area contributed by atoms with E-state index in [1.165, 1.54) is 0 Å². The van der Waals surface area contributed by atoms with Gasteiger partial charge in [0.1, 0.15) is 6.04 Å². The zero-order chi connectivity index (χ0) is 10.4. The van der Waals surface area contributed by atoms with Crippen LogP contribution in [0.2, 0.25) is 0 Å². The highest BCUT2D eigenvalue weighted by Gasteiger charge is 2.17. The van der Waals surface area contributed by atoms with E-state index in [1.807, 2.05) is 11.9 Å². The normalized spacial score (nSPS) is 13.5. The summed E-state index contributed by atoms with van der Waals surface area (Å²) in [5.74, 6) is -0.324. The molecule has 4 heteroatoms. The fraction of sp³-hybridized carbons (Fsp3) is 0.889. The highest BCUT2D eigenvalue weighted by Crippen LogP contribution is 1.96. The Bertz CT molecular complexity index is 160. The van der Waals surface area contributed by atoms with Crippen LogP contribution in [-0.2, 0) is 9.53 Å². The van der Waals surface area contributed by atoms with Crippen LogP contribution in [-0.4, -0.2) is 43.2 Å². The predicted octanol–water partition coefficient (Wildman–Crippen LogP) is 0.217. The van der Waals surface area contributed by atoms with Gasteiger partial charge in [-0.3, -0.25) is 4.79 Å². The molecule has 0 radical (unpaired) electrons. The van der Waals surface area contributed by atoms with Crippen molar-refractivity contribution < 1.29 is 9.53 Å². The topological polar surface area (TPSA) is 55.6 Å². The molecule has 0 aliphatic carbocycles. The van der Waals surface area contributed by atoms with Gasteiger partial charge in [-0.1, -0.05) is 0 Å². The summed E-state index contributed by atoms with van der Waals surface area (Å²) in [7, 11) is 1.93. The molecular formula is C9H20N2O2. The summed E-state index contributed by atoms with van der Waals surface area (Å²) in [6.45, 7) is 6.81. The summed E-state index contributed by atoms with van der Waals surface area (Å²) in [4.78, 5) is 13.1. The molecule has 0 heterocycles. The van der Waals surface area contributed by atoms with E-state index in [4.69, 9.17) is 10.5 Å². The molecule has 2 N–H and O–H groups in total. The molecule has 0 aromatic carbocycles. The van der Waals surface area contributed by atoms with Crippen LogP contribution in [0.15, 0.2) is 0 Å². The van der Waals surface area contributed by atoms with Crippen molar-refractivity contribution in [1.29, 1.82) is 0 Å². The summed E-state index contributed by atoms with van der Waals surface area (Å²) < 4.78 is 4.79. The largest absolute Gasteiger partial charge is 0.465 e. The molecule has 78 valence electrons. The molecule has 0 spiro atoms. The number of rotatable bonds is 5. The van der Waals surface area contributed by atoms with Crippen molar-refractivity contribution in [1.82, 2.24) is 4.90 Å². The third-order valence-electron chi connectivity index (χ3n) is 1.96. The summed E-state index contributed by atoms with van der Waals surface area (Å²) in [6.07, 6.45) is 0. The lowest BCUT2D eigenvalue weighted by Gasteiger charge is -2.23. The lowest BCUT2D eigenvalue weighted by atomic mass is 10.2. The third kappa shape index (κ3) is 4.85. The van der Waals surface area contributed by atoms with Crippen LogP contribution in [0.25, 0.3) is 0 Å². The fourth-order valence-electron chi connectivity index (χ4n) is 0.845. The molecule has 0 saturated heterocycles. The smallest absolute Gasteiger partial charge is 0.324 e. The summed E-state index contributed by atoms with van der Waals surface area (Å²) in [5.41, 5.74) is 5.63. The third-order valence-corrected chi connectivity index (χ3v) is 1.96. The molecule has 0 aromatic heterocycles. The Morgan fingerprint density at radius 2 is 2.08 bits per heavy atom. The first kappa shape index (κ1) is 12.4. The number of esters is 1. The highest BCUT2D eigenvalue weighted by atomic mass is 16.5. The molecule has 13 heavy (non-hydrogen) atoms. The minimum absolute atomic E-state index is 0.324. The second-order valence-corrected chi connectivity index (χ2v) is 3.39. The molecule has 1 atom stereocenters. The predicted molar refractivity (Wildman–Crippen MR) is 52.4 cm³/mol. The zero-order valence-corrected chi connectivity index (χ0v) is 8.91. The number of likely N-dealkylation sites (N-methyl/N-ethyl adjacent to an activating group) is 1. The molecule has 4 nitrogen and oxygen atoms in total. The van der Waals surface area contributed by atoms with Gasteiger partial charge >= 0.3 is 5.97 Å². The molecule has 1 unspecified atom stereocenters. The number of hydrogen-bond acceptors (Lipinski definition) is 4. The van der Waals surface area contributed by atoms with Gasteiger partial charge in [0.25, 0.3) is 0 Å². The zero-order valence-electron chi connectivity index (χ0n) is 8.91. The molecule has 0 fully saturated rings. The second-order valence-electron chi connectivity index (χ2n) is 3.39. The van der Waals surface area contributed by atoms with Gasteiger partial charge in [-0.05, 0) is 27.8 Å². The Kier molecular flexibility index (Phi) is 5.66. The van der Waals surface area contributed by atoms with Gasteiger partial charge in [0.15, 0.2) is 0 Å². The van der Waals surface area contributed by atoms with Crippen molar-refractivity contribution in [2.24, 2.45) is 5.73 Å². The Balaban J connectivity index is 3.85. The maximum atomic E-state index is 11.1. The van der Waals surface area contributed by atoms with Crippen LogP contribution >= 0.6 is 0 Å². The van der Waals surface area contributed by atoms with Crippen LogP contribution in [0.3, 0.4) is 0 Å². The molecule has 0 aliphatic heterocycles.